The fourth-order valence-electron chi connectivity index (χ4n) is 6.37. The molecule has 0 heterocycles. The fourth-order valence-corrected chi connectivity index (χ4v) is 6.37. The van der Waals surface area contributed by atoms with Crippen LogP contribution in [0.15, 0.2) is 48.5 Å². The van der Waals surface area contributed by atoms with Gasteiger partial charge in [-0.2, -0.15) is 0 Å². The maximum Gasteiger partial charge on any atom is 0.123 e. The number of methoxy groups -OCH3 is 2. The van der Waals surface area contributed by atoms with Crippen LogP contribution < -0.4 is 30.7 Å². The molecule has 0 fully saturated rings. The Morgan fingerprint density at radius 2 is 0.583 bits per heavy atom. The number of hydrogen-bond acceptors (Lipinski definition) is 6. The maximum absolute atomic E-state index is 5.42. The number of nitrogens with one attached hydrogen (secondary N) is 4. The molecule has 0 amide bonds. The van der Waals surface area contributed by atoms with Crippen molar-refractivity contribution in [3.63, 3.8) is 0 Å². The molecule has 0 unspecified atom stereocenters. The van der Waals surface area contributed by atoms with Gasteiger partial charge in [0.05, 0.1) is 14.2 Å². The van der Waals surface area contributed by atoms with Crippen molar-refractivity contribution in [3.05, 3.63) is 59.7 Å². The van der Waals surface area contributed by atoms with Crippen LogP contribution in [0.1, 0.15) is 140 Å². The zero-order chi connectivity index (χ0) is 34.0. The molecule has 0 atom stereocenters. The van der Waals surface area contributed by atoms with Gasteiger partial charge in [-0.25, -0.2) is 0 Å². The van der Waals surface area contributed by atoms with E-state index in [9.17, 15) is 0 Å². The van der Waals surface area contributed by atoms with E-state index >= 15 is 0 Å². The lowest BCUT2D eigenvalue weighted by atomic mass is 10.1. The Labute approximate surface area is 296 Å². The smallest absolute Gasteiger partial charge is 0.123 e. The van der Waals surface area contributed by atoms with E-state index in [-0.39, 0.29) is 0 Å². The summed E-state index contributed by atoms with van der Waals surface area (Å²) >= 11 is 0. The lowest BCUT2D eigenvalue weighted by molar-refractivity contribution is 0.407. The second kappa shape index (κ2) is 32.1. The van der Waals surface area contributed by atoms with Gasteiger partial charge in [-0.1, -0.05) is 126 Å². The predicted octanol–water partition coefficient (Wildman–Crippen LogP) is 9.56. The topological polar surface area (TPSA) is 66.6 Å². The van der Waals surface area contributed by atoms with Gasteiger partial charge in [0.1, 0.15) is 11.5 Å². The summed E-state index contributed by atoms with van der Waals surface area (Å²) < 4.78 is 10.8. The van der Waals surface area contributed by atoms with E-state index in [1.165, 1.54) is 166 Å². The second-order valence-electron chi connectivity index (χ2n) is 13.5. The summed E-state index contributed by atoms with van der Waals surface area (Å²) in [5, 5.41) is 14.4. The molecule has 6 nitrogen and oxygen atoms in total. The number of para-hydroxylation sites is 2. The number of benzene rings is 2. The normalized spacial score (nSPS) is 11.3. The largest absolute Gasteiger partial charge is 0.496 e. The van der Waals surface area contributed by atoms with E-state index in [4.69, 9.17) is 9.47 Å². The van der Waals surface area contributed by atoms with E-state index in [0.29, 0.717) is 0 Å². The summed E-state index contributed by atoms with van der Waals surface area (Å²) in [5.41, 5.74) is 2.48. The molecule has 2 aromatic carbocycles. The summed E-state index contributed by atoms with van der Waals surface area (Å²) in [6.07, 6.45) is 27.3. The highest BCUT2D eigenvalue weighted by Crippen LogP contribution is 2.18. The van der Waals surface area contributed by atoms with Gasteiger partial charge in [0.15, 0.2) is 0 Å². The molecule has 0 saturated carbocycles. The summed E-state index contributed by atoms with van der Waals surface area (Å²) in [6, 6.07) is 16.5. The monoisotopic (exact) mass is 667 g/mol. The maximum atomic E-state index is 5.42. The van der Waals surface area contributed by atoms with Crippen LogP contribution in [0.2, 0.25) is 0 Å². The fraction of sp³-hybridized carbons (Fsp3) is 0.714. The molecular formula is C42H74N4O2. The van der Waals surface area contributed by atoms with Gasteiger partial charge in [0, 0.05) is 24.2 Å². The molecule has 48 heavy (non-hydrogen) atoms. The average Bonchev–Trinajstić information content (AvgIpc) is 3.12. The summed E-state index contributed by atoms with van der Waals surface area (Å²) in [5.74, 6) is 1.96. The molecule has 0 aliphatic rings. The summed E-state index contributed by atoms with van der Waals surface area (Å²) in [6.45, 7) is 8.68. The number of ether oxygens (including phenoxy) is 2. The molecule has 0 aliphatic heterocycles. The third kappa shape index (κ3) is 23.3. The van der Waals surface area contributed by atoms with Gasteiger partial charge in [-0.3, -0.25) is 0 Å². The van der Waals surface area contributed by atoms with Gasteiger partial charge in [0.25, 0.3) is 0 Å². The number of unbranched alkanes of at least 4 members (excludes halogenated alkanes) is 17. The minimum atomic E-state index is 0.888. The van der Waals surface area contributed by atoms with Crippen molar-refractivity contribution in [1.29, 1.82) is 0 Å². The van der Waals surface area contributed by atoms with Gasteiger partial charge in [-0.15, -0.1) is 0 Å². The Bertz CT molecular complexity index is 895. The predicted molar refractivity (Wildman–Crippen MR) is 207 cm³/mol. The van der Waals surface area contributed by atoms with Crippen LogP contribution >= 0.6 is 0 Å². The molecule has 2 aromatic rings. The lowest BCUT2D eigenvalue weighted by Crippen LogP contribution is -2.17. The van der Waals surface area contributed by atoms with Crippen molar-refractivity contribution in [2.45, 2.75) is 142 Å². The Morgan fingerprint density at radius 3 is 0.875 bits per heavy atom. The van der Waals surface area contributed by atoms with Crippen LogP contribution in [0.5, 0.6) is 11.5 Å². The van der Waals surface area contributed by atoms with Crippen LogP contribution in [0.25, 0.3) is 0 Å². The highest BCUT2D eigenvalue weighted by atomic mass is 16.5. The minimum absolute atomic E-state index is 0.888. The average molecular weight is 667 g/mol. The number of rotatable bonds is 35. The molecule has 2 rings (SSSR count). The molecule has 274 valence electrons. The second-order valence-corrected chi connectivity index (χ2v) is 13.5. The van der Waals surface area contributed by atoms with Crippen LogP contribution in [0, 0.1) is 0 Å². The third-order valence-electron chi connectivity index (χ3n) is 9.39. The van der Waals surface area contributed by atoms with Gasteiger partial charge < -0.3 is 30.7 Å². The Balaban J connectivity index is 1.17. The number of hydrogen-bond donors (Lipinski definition) is 4. The van der Waals surface area contributed by atoms with E-state index < -0.39 is 0 Å². The molecule has 0 saturated heterocycles. The highest BCUT2D eigenvalue weighted by Gasteiger charge is 2.02. The first-order valence-corrected chi connectivity index (χ1v) is 19.9. The Hall–Kier alpha value is -2.12. The van der Waals surface area contributed by atoms with Crippen LogP contribution in [-0.2, 0) is 13.1 Å². The van der Waals surface area contributed by atoms with Gasteiger partial charge >= 0.3 is 0 Å². The van der Waals surface area contributed by atoms with Crippen molar-refractivity contribution in [1.82, 2.24) is 21.3 Å². The first-order valence-electron chi connectivity index (χ1n) is 19.9. The molecule has 0 aromatic heterocycles. The first-order chi connectivity index (χ1) is 23.8. The van der Waals surface area contributed by atoms with Crippen molar-refractivity contribution in [3.8, 4) is 11.5 Å². The first kappa shape index (κ1) is 42.0. The minimum Gasteiger partial charge on any atom is -0.496 e. The molecular weight excluding hydrogens is 592 g/mol. The highest BCUT2D eigenvalue weighted by molar-refractivity contribution is 5.33. The van der Waals surface area contributed by atoms with Crippen LogP contribution in [0.4, 0.5) is 0 Å². The zero-order valence-corrected chi connectivity index (χ0v) is 31.2. The van der Waals surface area contributed by atoms with Crippen molar-refractivity contribution >= 4 is 0 Å². The third-order valence-corrected chi connectivity index (χ3v) is 9.39. The van der Waals surface area contributed by atoms with E-state index in [0.717, 1.165) is 37.7 Å². The summed E-state index contributed by atoms with van der Waals surface area (Å²) in [4.78, 5) is 0. The van der Waals surface area contributed by atoms with Crippen molar-refractivity contribution in [2.24, 2.45) is 0 Å². The molecule has 0 aliphatic carbocycles. The molecule has 0 spiro atoms. The van der Waals surface area contributed by atoms with E-state index in [1.807, 2.05) is 24.3 Å². The van der Waals surface area contributed by atoms with E-state index in [1.54, 1.807) is 14.2 Å². The van der Waals surface area contributed by atoms with Gasteiger partial charge in [-0.05, 0) is 89.9 Å². The van der Waals surface area contributed by atoms with Crippen LogP contribution in [0.3, 0.4) is 0 Å². The molecule has 4 N–H and O–H groups in total. The van der Waals surface area contributed by atoms with Crippen molar-refractivity contribution < 1.29 is 9.47 Å². The lowest BCUT2D eigenvalue weighted by Gasteiger charge is -2.09. The van der Waals surface area contributed by atoms with Crippen LogP contribution in [-0.4, -0.2) is 53.5 Å². The molecule has 0 bridgehead atoms. The summed E-state index contributed by atoms with van der Waals surface area (Å²) in [7, 11) is 3.49. The van der Waals surface area contributed by atoms with Gasteiger partial charge in [0.2, 0.25) is 0 Å². The Morgan fingerprint density at radius 1 is 0.333 bits per heavy atom. The Kier molecular flexibility index (Phi) is 28.1. The SMILES string of the molecule is COc1ccccc1CNCCCCCCNCCCCCCCCCCCCCCNCCCCCCNCc1ccccc1OC. The zero-order valence-electron chi connectivity index (χ0n) is 31.2. The van der Waals surface area contributed by atoms with E-state index in [2.05, 4.69) is 45.5 Å². The molecule has 6 heteroatoms. The standard InChI is InChI=1S/C42H74N4O2/c1-47-41-29-19-17-27-39(41)37-45-35-25-15-13-23-33-43-31-21-11-9-7-5-3-4-6-8-10-12-22-32-44-34-24-14-16-26-36-46-38-40-28-18-20-30-42(40)48-2/h17-20,27-30,43-46H,3-16,21-26,31-38H2,1-2H3. The van der Waals surface area contributed by atoms with Crippen molar-refractivity contribution in [2.75, 3.05) is 53.5 Å². The molecule has 0 radical (unpaired) electrons. The quantitative estimate of drug-likeness (QED) is 0.0550.